The average Bonchev–Trinajstić information content (AvgIpc) is 2.58. The van der Waals surface area contributed by atoms with Gasteiger partial charge in [0.1, 0.15) is 22.4 Å². The van der Waals surface area contributed by atoms with Crippen LogP contribution < -0.4 is 0 Å². The number of pyridine rings is 1. The van der Waals surface area contributed by atoms with E-state index in [1.165, 1.54) is 4.90 Å². The summed E-state index contributed by atoms with van der Waals surface area (Å²) in [5.41, 5.74) is 0.445. The molecule has 1 atom stereocenters. The Balaban J connectivity index is 2.28. The highest BCUT2D eigenvalue weighted by atomic mass is 79.9. The molecule has 0 radical (unpaired) electrons. The number of hydrogen-bond acceptors (Lipinski definition) is 4. The number of nitrogens with zero attached hydrogens (tertiary/aromatic N) is 2. The highest BCUT2D eigenvalue weighted by molar-refractivity contribution is 9.10. The lowest BCUT2D eigenvalue weighted by Crippen LogP contribution is -2.38. The van der Waals surface area contributed by atoms with Gasteiger partial charge in [-0.1, -0.05) is 6.07 Å². The average molecular weight is 283 g/mol. The van der Waals surface area contributed by atoms with Gasteiger partial charge in [0.05, 0.1) is 0 Å². The van der Waals surface area contributed by atoms with Crippen LogP contribution in [0.25, 0.3) is 0 Å². The second kappa shape index (κ2) is 4.31. The second-order valence-corrected chi connectivity index (χ2v) is 4.34. The maximum absolute atomic E-state index is 9.67. The molecule has 1 fully saturated rings. The number of amidine groups is 2. The largest absolute Gasteiger partial charge is 0.373 e. The molecule has 0 aliphatic carbocycles. The summed E-state index contributed by atoms with van der Waals surface area (Å²) < 4.78 is 0.634. The standard InChI is InChI=1S/C10H11BrN4O/c11-7-3-1-2-6(14-7)10(13)15-8(12)4-5-9(15)16/h1-3,9,12-13,16H,4-5H2. The quantitative estimate of drug-likeness (QED) is 0.415. The van der Waals surface area contributed by atoms with Crippen molar-refractivity contribution in [2.24, 2.45) is 0 Å². The number of rotatable bonds is 1. The number of halogens is 1. The fourth-order valence-corrected chi connectivity index (χ4v) is 1.99. The van der Waals surface area contributed by atoms with E-state index in [1.54, 1.807) is 18.2 Å². The summed E-state index contributed by atoms with van der Waals surface area (Å²) in [5.74, 6) is 0.329. The first-order chi connectivity index (χ1) is 7.59. The van der Waals surface area contributed by atoms with Crippen molar-refractivity contribution in [3.8, 4) is 0 Å². The lowest BCUT2D eigenvalue weighted by atomic mass is 10.3. The van der Waals surface area contributed by atoms with Gasteiger partial charge in [0, 0.05) is 6.42 Å². The minimum atomic E-state index is -0.777. The topological polar surface area (TPSA) is 84.1 Å². The molecular weight excluding hydrogens is 272 g/mol. The van der Waals surface area contributed by atoms with Gasteiger partial charge in [-0.2, -0.15) is 0 Å². The van der Waals surface area contributed by atoms with Crippen LogP contribution in [-0.4, -0.2) is 32.9 Å². The van der Waals surface area contributed by atoms with Crippen molar-refractivity contribution < 1.29 is 5.11 Å². The SMILES string of the molecule is N=C1CCC(O)N1C(=N)c1cccc(Br)n1. The maximum Gasteiger partial charge on any atom is 0.154 e. The molecule has 1 unspecified atom stereocenters. The van der Waals surface area contributed by atoms with Crippen LogP contribution in [0.3, 0.4) is 0 Å². The van der Waals surface area contributed by atoms with Crippen molar-refractivity contribution in [1.29, 1.82) is 10.8 Å². The zero-order valence-corrected chi connectivity index (χ0v) is 10.0. The molecule has 0 spiro atoms. The Labute approximate surface area is 101 Å². The fraction of sp³-hybridized carbons (Fsp3) is 0.300. The van der Waals surface area contributed by atoms with Gasteiger partial charge in [0.25, 0.3) is 0 Å². The van der Waals surface area contributed by atoms with Gasteiger partial charge in [-0.05, 0) is 34.5 Å². The molecule has 1 aliphatic rings. The minimum Gasteiger partial charge on any atom is -0.373 e. The van der Waals surface area contributed by atoms with E-state index in [0.717, 1.165) is 0 Å². The molecule has 84 valence electrons. The van der Waals surface area contributed by atoms with Gasteiger partial charge in [0.15, 0.2) is 5.84 Å². The molecule has 0 saturated carbocycles. The van der Waals surface area contributed by atoms with E-state index in [9.17, 15) is 5.11 Å². The van der Waals surface area contributed by atoms with Crippen LogP contribution >= 0.6 is 15.9 Å². The molecule has 1 aromatic heterocycles. The number of likely N-dealkylation sites (tertiary alicyclic amines) is 1. The van der Waals surface area contributed by atoms with E-state index in [2.05, 4.69) is 20.9 Å². The Morgan fingerprint density at radius 2 is 2.31 bits per heavy atom. The van der Waals surface area contributed by atoms with E-state index >= 15 is 0 Å². The highest BCUT2D eigenvalue weighted by Crippen LogP contribution is 2.19. The third-order valence-corrected chi connectivity index (χ3v) is 2.87. The predicted octanol–water partition coefficient (Wildman–Crippen LogP) is 1.56. The summed E-state index contributed by atoms with van der Waals surface area (Å²) >= 11 is 3.23. The number of hydrogen-bond donors (Lipinski definition) is 3. The molecule has 1 saturated heterocycles. The first-order valence-electron chi connectivity index (χ1n) is 4.86. The predicted molar refractivity (Wildman–Crippen MR) is 63.6 cm³/mol. The number of aliphatic hydroxyl groups is 1. The number of aliphatic hydroxyl groups excluding tert-OH is 1. The molecule has 0 bridgehead atoms. The molecule has 5 nitrogen and oxygen atoms in total. The van der Waals surface area contributed by atoms with Crippen LogP contribution in [0.1, 0.15) is 18.5 Å². The van der Waals surface area contributed by atoms with E-state index in [-0.39, 0.29) is 11.7 Å². The third-order valence-electron chi connectivity index (χ3n) is 2.43. The molecule has 2 rings (SSSR count). The molecule has 1 aliphatic heterocycles. The van der Waals surface area contributed by atoms with E-state index in [1.807, 2.05) is 0 Å². The summed E-state index contributed by atoms with van der Waals surface area (Å²) in [7, 11) is 0. The minimum absolute atomic E-state index is 0.0660. The van der Waals surface area contributed by atoms with Gasteiger partial charge in [-0.25, -0.2) is 4.98 Å². The van der Waals surface area contributed by atoms with Crippen LogP contribution in [0, 0.1) is 10.8 Å². The summed E-state index contributed by atoms with van der Waals surface area (Å²) in [6, 6.07) is 5.22. The molecule has 6 heteroatoms. The summed E-state index contributed by atoms with van der Waals surface area (Å²) in [4.78, 5) is 5.43. The Hall–Kier alpha value is -1.27. The second-order valence-electron chi connectivity index (χ2n) is 3.53. The van der Waals surface area contributed by atoms with Crippen molar-refractivity contribution in [2.75, 3.05) is 0 Å². The van der Waals surface area contributed by atoms with Gasteiger partial charge < -0.3 is 5.11 Å². The van der Waals surface area contributed by atoms with Crippen molar-refractivity contribution in [3.05, 3.63) is 28.5 Å². The van der Waals surface area contributed by atoms with Gasteiger partial charge in [-0.3, -0.25) is 15.7 Å². The first kappa shape index (κ1) is 11.2. The molecule has 2 heterocycles. The molecule has 0 aromatic carbocycles. The lowest BCUT2D eigenvalue weighted by Gasteiger charge is -2.22. The number of aromatic nitrogens is 1. The summed E-state index contributed by atoms with van der Waals surface area (Å²) in [6.07, 6.45) is 0.216. The van der Waals surface area contributed by atoms with Crippen LogP contribution in [-0.2, 0) is 0 Å². The maximum atomic E-state index is 9.67. The Kier molecular flexibility index (Phi) is 3.02. The molecule has 3 N–H and O–H groups in total. The third kappa shape index (κ3) is 1.98. The summed E-state index contributed by atoms with van der Waals surface area (Å²) in [6.45, 7) is 0. The van der Waals surface area contributed by atoms with Crippen LogP contribution in [0.2, 0.25) is 0 Å². The van der Waals surface area contributed by atoms with E-state index in [0.29, 0.717) is 23.1 Å². The Bertz CT molecular complexity index is 448. The van der Waals surface area contributed by atoms with Crippen molar-refractivity contribution >= 4 is 27.6 Å². The smallest absolute Gasteiger partial charge is 0.154 e. The van der Waals surface area contributed by atoms with Crippen LogP contribution in [0.4, 0.5) is 0 Å². The molecule has 0 amide bonds. The zero-order chi connectivity index (χ0) is 11.7. The molecular formula is C10H11BrN4O. The highest BCUT2D eigenvalue weighted by Gasteiger charge is 2.30. The summed E-state index contributed by atoms with van der Waals surface area (Å²) in [5, 5.41) is 25.2. The first-order valence-corrected chi connectivity index (χ1v) is 5.65. The lowest BCUT2D eigenvalue weighted by molar-refractivity contribution is 0.106. The van der Waals surface area contributed by atoms with Crippen LogP contribution in [0.15, 0.2) is 22.8 Å². The van der Waals surface area contributed by atoms with Crippen molar-refractivity contribution in [2.45, 2.75) is 19.1 Å². The zero-order valence-electron chi connectivity index (χ0n) is 8.44. The normalized spacial score (nSPS) is 20.2. The van der Waals surface area contributed by atoms with E-state index in [4.69, 9.17) is 10.8 Å². The van der Waals surface area contributed by atoms with Crippen LogP contribution in [0.5, 0.6) is 0 Å². The van der Waals surface area contributed by atoms with Crippen molar-refractivity contribution in [1.82, 2.24) is 9.88 Å². The fourth-order valence-electron chi connectivity index (χ4n) is 1.64. The molecule has 16 heavy (non-hydrogen) atoms. The van der Waals surface area contributed by atoms with Gasteiger partial charge in [0.2, 0.25) is 0 Å². The monoisotopic (exact) mass is 282 g/mol. The van der Waals surface area contributed by atoms with Crippen molar-refractivity contribution in [3.63, 3.8) is 0 Å². The Morgan fingerprint density at radius 1 is 1.56 bits per heavy atom. The molecule has 1 aromatic rings. The van der Waals surface area contributed by atoms with E-state index < -0.39 is 6.23 Å². The Morgan fingerprint density at radius 3 is 2.88 bits per heavy atom. The van der Waals surface area contributed by atoms with Gasteiger partial charge in [-0.15, -0.1) is 0 Å². The number of nitrogens with one attached hydrogen (secondary N) is 2. The van der Waals surface area contributed by atoms with Gasteiger partial charge >= 0.3 is 0 Å².